The van der Waals surface area contributed by atoms with Gasteiger partial charge in [0.2, 0.25) is 5.95 Å². The molecule has 0 unspecified atom stereocenters. The number of aromatic nitrogens is 3. The molecule has 8 heteroatoms. The van der Waals surface area contributed by atoms with E-state index in [9.17, 15) is 9.18 Å². The fourth-order valence-corrected chi connectivity index (χ4v) is 4.04. The zero-order valence-electron chi connectivity index (χ0n) is 18.2. The molecule has 0 bridgehead atoms. The standard InChI is InChI=1S/C25H23FN6O/c1-17-14-23(31-10-12-32(13-11-31)25-27-8-3-9-28-25)30-22-7-6-20(16-21(17)22)29-24(33)18-4-2-5-19(26)15-18/h2-9,14-16H,10-13H2,1H3,(H,29,33). The Labute approximate surface area is 190 Å². The van der Waals surface area contributed by atoms with E-state index in [1.807, 2.05) is 31.2 Å². The van der Waals surface area contributed by atoms with Crippen molar-refractivity contribution in [2.45, 2.75) is 6.92 Å². The molecule has 0 radical (unpaired) electrons. The topological polar surface area (TPSA) is 74.2 Å². The van der Waals surface area contributed by atoms with Gasteiger partial charge in [-0.2, -0.15) is 0 Å². The number of pyridine rings is 1. The predicted molar refractivity (Wildman–Crippen MR) is 127 cm³/mol. The van der Waals surface area contributed by atoms with Gasteiger partial charge < -0.3 is 15.1 Å². The first-order valence-electron chi connectivity index (χ1n) is 10.8. The first kappa shape index (κ1) is 20.8. The Morgan fingerprint density at radius 2 is 1.70 bits per heavy atom. The highest BCUT2D eigenvalue weighted by Gasteiger charge is 2.20. The number of aryl methyl sites for hydroxylation is 1. The molecule has 1 aliphatic rings. The normalized spacial score (nSPS) is 13.9. The Morgan fingerprint density at radius 1 is 0.939 bits per heavy atom. The van der Waals surface area contributed by atoms with Crippen LogP contribution in [0, 0.1) is 12.7 Å². The molecule has 0 aliphatic carbocycles. The molecule has 2 aromatic heterocycles. The van der Waals surface area contributed by atoms with Gasteiger partial charge in [0.25, 0.3) is 5.91 Å². The number of amides is 1. The van der Waals surface area contributed by atoms with E-state index in [1.165, 1.54) is 18.2 Å². The number of carbonyl (C=O) groups excluding carboxylic acids is 1. The van der Waals surface area contributed by atoms with Gasteiger partial charge in [0.15, 0.2) is 0 Å². The monoisotopic (exact) mass is 442 g/mol. The lowest BCUT2D eigenvalue weighted by atomic mass is 10.1. The van der Waals surface area contributed by atoms with E-state index >= 15 is 0 Å². The Balaban J connectivity index is 1.32. The minimum atomic E-state index is -0.439. The molecule has 166 valence electrons. The summed E-state index contributed by atoms with van der Waals surface area (Å²) in [5.41, 5.74) is 2.86. The second-order valence-electron chi connectivity index (χ2n) is 8.02. The van der Waals surface area contributed by atoms with Crippen molar-refractivity contribution in [3.8, 4) is 0 Å². The lowest BCUT2D eigenvalue weighted by Gasteiger charge is -2.35. The van der Waals surface area contributed by atoms with Crippen molar-refractivity contribution in [3.63, 3.8) is 0 Å². The highest BCUT2D eigenvalue weighted by molar-refractivity contribution is 6.05. The minimum Gasteiger partial charge on any atom is -0.353 e. The molecular weight excluding hydrogens is 419 g/mol. The molecule has 33 heavy (non-hydrogen) atoms. The third-order valence-corrected chi connectivity index (χ3v) is 5.79. The van der Waals surface area contributed by atoms with Crippen LogP contribution in [0.3, 0.4) is 0 Å². The largest absolute Gasteiger partial charge is 0.353 e. The quantitative estimate of drug-likeness (QED) is 0.514. The zero-order valence-corrected chi connectivity index (χ0v) is 18.2. The number of anilines is 3. The number of fused-ring (bicyclic) bond motifs is 1. The van der Waals surface area contributed by atoms with Crippen LogP contribution in [0.4, 0.5) is 21.8 Å². The van der Waals surface area contributed by atoms with Crippen LogP contribution in [-0.4, -0.2) is 47.0 Å². The smallest absolute Gasteiger partial charge is 0.255 e. The van der Waals surface area contributed by atoms with Crippen molar-refractivity contribution in [3.05, 3.63) is 83.9 Å². The zero-order chi connectivity index (χ0) is 22.8. The molecule has 4 aromatic rings. The summed E-state index contributed by atoms with van der Waals surface area (Å²) in [6, 6.07) is 15.2. The van der Waals surface area contributed by atoms with Gasteiger partial charge >= 0.3 is 0 Å². The van der Waals surface area contributed by atoms with Crippen molar-refractivity contribution >= 4 is 34.3 Å². The summed E-state index contributed by atoms with van der Waals surface area (Å²) in [6.45, 7) is 5.36. The van der Waals surface area contributed by atoms with Crippen LogP contribution in [-0.2, 0) is 0 Å². The van der Waals surface area contributed by atoms with Crippen molar-refractivity contribution in [2.24, 2.45) is 0 Å². The summed E-state index contributed by atoms with van der Waals surface area (Å²) < 4.78 is 13.4. The van der Waals surface area contributed by atoms with Gasteiger partial charge in [-0.3, -0.25) is 4.79 Å². The molecule has 3 heterocycles. The SMILES string of the molecule is Cc1cc(N2CCN(c3ncccn3)CC2)nc2ccc(NC(=O)c3cccc(F)c3)cc12. The Hall–Kier alpha value is -4.07. The molecule has 2 aromatic carbocycles. The van der Waals surface area contributed by atoms with Crippen molar-refractivity contribution in [1.29, 1.82) is 0 Å². The van der Waals surface area contributed by atoms with E-state index in [4.69, 9.17) is 4.98 Å². The number of nitrogens with one attached hydrogen (secondary N) is 1. The molecule has 1 saturated heterocycles. The molecule has 0 atom stereocenters. The lowest BCUT2D eigenvalue weighted by molar-refractivity contribution is 0.102. The number of rotatable bonds is 4. The van der Waals surface area contributed by atoms with Gasteiger partial charge in [-0.15, -0.1) is 0 Å². The Bertz CT molecular complexity index is 1310. The molecule has 1 aliphatic heterocycles. The first-order valence-corrected chi connectivity index (χ1v) is 10.8. The van der Waals surface area contributed by atoms with Crippen LogP contribution >= 0.6 is 0 Å². The highest BCUT2D eigenvalue weighted by atomic mass is 19.1. The lowest BCUT2D eigenvalue weighted by Crippen LogP contribution is -2.47. The number of piperazine rings is 1. The first-order chi connectivity index (χ1) is 16.1. The summed E-state index contributed by atoms with van der Waals surface area (Å²) in [6.07, 6.45) is 3.52. The summed E-state index contributed by atoms with van der Waals surface area (Å²) in [4.78, 5) is 30.5. The van der Waals surface area contributed by atoms with Gasteiger partial charge in [0.1, 0.15) is 11.6 Å². The van der Waals surface area contributed by atoms with E-state index < -0.39 is 5.82 Å². The van der Waals surface area contributed by atoms with Crippen LogP contribution < -0.4 is 15.1 Å². The van der Waals surface area contributed by atoms with Gasteiger partial charge in [0.05, 0.1) is 5.52 Å². The second kappa shape index (κ2) is 8.82. The number of hydrogen-bond acceptors (Lipinski definition) is 6. The molecule has 0 saturated carbocycles. The van der Waals surface area contributed by atoms with Gasteiger partial charge in [-0.1, -0.05) is 6.07 Å². The molecule has 5 rings (SSSR count). The average Bonchev–Trinajstić information content (AvgIpc) is 2.85. The predicted octanol–water partition coefficient (Wildman–Crippen LogP) is 4.05. The van der Waals surface area contributed by atoms with E-state index in [-0.39, 0.29) is 11.5 Å². The summed E-state index contributed by atoms with van der Waals surface area (Å²) >= 11 is 0. The van der Waals surface area contributed by atoms with Crippen LogP contribution in [0.1, 0.15) is 15.9 Å². The maximum atomic E-state index is 13.4. The summed E-state index contributed by atoms with van der Waals surface area (Å²) in [5, 5.41) is 3.81. The van der Waals surface area contributed by atoms with E-state index in [0.717, 1.165) is 54.4 Å². The molecule has 0 spiro atoms. The van der Waals surface area contributed by atoms with E-state index in [2.05, 4.69) is 31.2 Å². The number of benzene rings is 2. The fourth-order valence-electron chi connectivity index (χ4n) is 4.04. The van der Waals surface area contributed by atoms with Crippen LogP contribution in [0.5, 0.6) is 0 Å². The number of halogens is 1. The molecule has 1 fully saturated rings. The average molecular weight is 442 g/mol. The Morgan fingerprint density at radius 3 is 2.45 bits per heavy atom. The second-order valence-corrected chi connectivity index (χ2v) is 8.02. The summed E-state index contributed by atoms with van der Waals surface area (Å²) in [7, 11) is 0. The number of nitrogens with zero attached hydrogens (tertiary/aromatic N) is 5. The number of hydrogen-bond donors (Lipinski definition) is 1. The van der Waals surface area contributed by atoms with Crippen LogP contribution in [0.15, 0.2) is 67.0 Å². The molecule has 1 amide bonds. The summed E-state index contributed by atoms with van der Waals surface area (Å²) in [5.74, 6) is 0.903. The Kier molecular flexibility index (Phi) is 5.56. The molecular formula is C25H23FN6O. The third-order valence-electron chi connectivity index (χ3n) is 5.79. The van der Waals surface area contributed by atoms with Gasteiger partial charge in [0, 0.05) is 55.2 Å². The van der Waals surface area contributed by atoms with Crippen LogP contribution in [0.25, 0.3) is 10.9 Å². The van der Waals surface area contributed by atoms with Gasteiger partial charge in [-0.25, -0.2) is 19.3 Å². The van der Waals surface area contributed by atoms with Crippen LogP contribution in [0.2, 0.25) is 0 Å². The maximum absolute atomic E-state index is 13.4. The molecule has 1 N–H and O–H groups in total. The van der Waals surface area contributed by atoms with Gasteiger partial charge in [-0.05, 0) is 61.0 Å². The van der Waals surface area contributed by atoms with E-state index in [0.29, 0.717) is 5.69 Å². The van der Waals surface area contributed by atoms with E-state index in [1.54, 1.807) is 18.5 Å². The number of carbonyl (C=O) groups is 1. The highest BCUT2D eigenvalue weighted by Crippen LogP contribution is 2.26. The third kappa shape index (κ3) is 4.45. The van der Waals surface area contributed by atoms with Crippen molar-refractivity contribution in [2.75, 3.05) is 41.3 Å². The fraction of sp³-hybridized carbons (Fsp3) is 0.200. The maximum Gasteiger partial charge on any atom is 0.255 e. The van der Waals surface area contributed by atoms with Crippen molar-refractivity contribution in [1.82, 2.24) is 15.0 Å². The van der Waals surface area contributed by atoms with Crippen molar-refractivity contribution < 1.29 is 9.18 Å². The molecule has 7 nitrogen and oxygen atoms in total. The minimum absolute atomic E-state index is 0.278.